The number of amides is 1. The number of aromatic nitrogens is 2. The molecule has 0 saturated carbocycles. The van der Waals surface area contributed by atoms with E-state index in [0.717, 1.165) is 0 Å². The van der Waals surface area contributed by atoms with Crippen molar-refractivity contribution in [3.63, 3.8) is 0 Å². The van der Waals surface area contributed by atoms with Crippen molar-refractivity contribution < 1.29 is 19.4 Å². The number of carbonyl (C=O) groups is 2. The van der Waals surface area contributed by atoms with Crippen LogP contribution in [-0.4, -0.2) is 39.5 Å². The number of hydrogen-bond acceptors (Lipinski definition) is 4. The first-order valence-corrected chi connectivity index (χ1v) is 7.01. The number of carbonyl (C=O) groups excluding carboxylic acids is 1. The van der Waals surface area contributed by atoms with E-state index in [0.29, 0.717) is 25.1 Å². The first-order valence-electron chi connectivity index (χ1n) is 7.01. The highest BCUT2D eigenvalue weighted by atomic mass is 16.5. The van der Waals surface area contributed by atoms with Crippen LogP contribution in [0, 0.1) is 5.92 Å². The lowest BCUT2D eigenvalue weighted by Crippen LogP contribution is -2.36. The van der Waals surface area contributed by atoms with Crippen LogP contribution in [0.3, 0.4) is 0 Å². The van der Waals surface area contributed by atoms with Gasteiger partial charge in [-0.25, -0.2) is 4.79 Å². The fourth-order valence-corrected chi connectivity index (χ4v) is 2.27. The van der Waals surface area contributed by atoms with E-state index >= 15 is 0 Å². The molecule has 116 valence electrons. The van der Waals surface area contributed by atoms with E-state index in [1.807, 2.05) is 6.92 Å². The quantitative estimate of drug-likeness (QED) is 0.877. The van der Waals surface area contributed by atoms with Gasteiger partial charge in [0, 0.05) is 18.7 Å². The molecule has 1 saturated heterocycles. The molecule has 0 aliphatic carbocycles. The van der Waals surface area contributed by atoms with Gasteiger partial charge in [0.25, 0.3) is 0 Å². The van der Waals surface area contributed by atoms with Gasteiger partial charge in [-0.1, -0.05) is 0 Å². The number of carboxylic acids is 1. The molecular weight excluding hydrogens is 274 g/mol. The molecule has 2 N–H and O–H groups in total. The molecule has 21 heavy (non-hydrogen) atoms. The van der Waals surface area contributed by atoms with Crippen molar-refractivity contribution >= 4 is 17.6 Å². The summed E-state index contributed by atoms with van der Waals surface area (Å²) < 4.78 is 6.75. The number of nitrogens with zero attached hydrogens (tertiary/aromatic N) is 2. The number of anilines is 1. The standard InChI is InChI=1S/C14H21N3O4/c1-9-6-10(4-5-21-9)12(18)16-11-7-15-17(8-11)14(2,3)13(19)20/h7-10H,4-6H2,1-3H3,(H,16,18)(H,19,20). The number of aliphatic carboxylic acids is 1. The van der Waals surface area contributed by atoms with Crippen molar-refractivity contribution in [2.24, 2.45) is 5.92 Å². The maximum absolute atomic E-state index is 12.2. The topological polar surface area (TPSA) is 93.5 Å². The normalized spacial score (nSPS) is 22.8. The second-order valence-electron chi connectivity index (χ2n) is 5.93. The van der Waals surface area contributed by atoms with Gasteiger partial charge in [-0.15, -0.1) is 0 Å². The van der Waals surface area contributed by atoms with E-state index in [1.165, 1.54) is 17.1 Å². The molecular formula is C14H21N3O4. The highest BCUT2D eigenvalue weighted by Crippen LogP contribution is 2.22. The van der Waals surface area contributed by atoms with Gasteiger partial charge in [-0.3, -0.25) is 9.48 Å². The van der Waals surface area contributed by atoms with Crippen LogP contribution in [0.15, 0.2) is 12.4 Å². The molecule has 1 aliphatic heterocycles. The zero-order valence-electron chi connectivity index (χ0n) is 12.5. The van der Waals surface area contributed by atoms with Crippen LogP contribution in [0.5, 0.6) is 0 Å². The molecule has 1 aliphatic rings. The average molecular weight is 295 g/mol. The van der Waals surface area contributed by atoms with Gasteiger partial charge in [-0.05, 0) is 33.6 Å². The Labute approximate surface area is 123 Å². The lowest BCUT2D eigenvalue weighted by atomic mass is 9.95. The molecule has 1 amide bonds. The van der Waals surface area contributed by atoms with Gasteiger partial charge in [0.15, 0.2) is 5.54 Å². The fourth-order valence-electron chi connectivity index (χ4n) is 2.27. The summed E-state index contributed by atoms with van der Waals surface area (Å²) in [5.74, 6) is -1.14. The monoisotopic (exact) mass is 295 g/mol. The molecule has 1 aromatic heterocycles. The first kappa shape index (κ1) is 15.5. The summed E-state index contributed by atoms with van der Waals surface area (Å²) in [6.45, 7) is 5.64. The van der Waals surface area contributed by atoms with Crippen LogP contribution in [0.4, 0.5) is 5.69 Å². The van der Waals surface area contributed by atoms with E-state index in [1.54, 1.807) is 13.8 Å². The molecule has 7 nitrogen and oxygen atoms in total. The van der Waals surface area contributed by atoms with Crippen LogP contribution < -0.4 is 5.32 Å². The number of rotatable bonds is 4. The van der Waals surface area contributed by atoms with E-state index < -0.39 is 11.5 Å². The minimum absolute atomic E-state index is 0.0715. The summed E-state index contributed by atoms with van der Waals surface area (Å²) >= 11 is 0. The molecule has 2 unspecified atom stereocenters. The van der Waals surface area contributed by atoms with Crippen LogP contribution in [0.25, 0.3) is 0 Å². The van der Waals surface area contributed by atoms with Gasteiger partial charge in [0.1, 0.15) is 0 Å². The molecule has 2 heterocycles. The minimum Gasteiger partial charge on any atom is -0.479 e. The van der Waals surface area contributed by atoms with Gasteiger partial charge in [0.2, 0.25) is 5.91 Å². The molecule has 1 fully saturated rings. The number of hydrogen-bond donors (Lipinski definition) is 2. The van der Waals surface area contributed by atoms with E-state index in [2.05, 4.69) is 10.4 Å². The van der Waals surface area contributed by atoms with Crippen LogP contribution in [0.2, 0.25) is 0 Å². The van der Waals surface area contributed by atoms with Crippen LogP contribution in [-0.2, 0) is 19.9 Å². The van der Waals surface area contributed by atoms with Gasteiger partial charge in [0.05, 0.1) is 18.0 Å². The molecule has 0 aromatic carbocycles. The lowest BCUT2D eigenvalue weighted by Gasteiger charge is -2.26. The summed E-state index contributed by atoms with van der Waals surface area (Å²) in [5.41, 5.74) is -0.649. The molecule has 0 spiro atoms. The molecule has 2 atom stereocenters. The number of nitrogens with one attached hydrogen (secondary N) is 1. The summed E-state index contributed by atoms with van der Waals surface area (Å²) in [5, 5.41) is 16.0. The smallest absolute Gasteiger partial charge is 0.331 e. The second-order valence-corrected chi connectivity index (χ2v) is 5.93. The summed E-state index contributed by atoms with van der Waals surface area (Å²) in [6.07, 6.45) is 4.48. The molecule has 0 bridgehead atoms. The third-order valence-electron chi connectivity index (χ3n) is 3.80. The highest BCUT2D eigenvalue weighted by molar-refractivity contribution is 5.92. The Kier molecular flexibility index (Phi) is 4.32. The Morgan fingerprint density at radius 3 is 2.86 bits per heavy atom. The maximum atomic E-state index is 12.2. The Balaban J connectivity index is 2.02. The van der Waals surface area contributed by atoms with Crippen molar-refractivity contribution in [3.05, 3.63) is 12.4 Å². The largest absolute Gasteiger partial charge is 0.479 e. The zero-order chi connectivity index (χ0) is 15.6. The molecule has 0 radical (unpaired) electrons. The maximum Gasteiger partial charge on any atom is 0.331 e. The molecule has 1 aromatic rings. The fraction of sp³-hybridized carbons (Fsp3) is 0.643. The number of carboxylic acid groups (broad SMARTS) is 1. The third kappa shape index (κ3) is 3.41. The predicted molar refractivity (Wildman–Crippen MR) is 76.0 cm³/mol. The van der Waals surface area contributed by atoms with Crippen molar-refractivity contribution in [1.82, 2.24) is 9.78 Å². The first-order chi connectivity index (χ1) is 9.80. The van der Waals surface area contributed by atoms with Crippen molar-refractivity contribution in [3.8, 4) is 0 Å². The lowest BCUT2D eigenvalue weighted by molar-refractivity contribution is -0.146. The van der Waals surface area contributed by atoms with Gasteiger partial charge >= 0.3 is 5.97 Å². The Bertz CT molecular complexity index is 538. The number of ether oxygens (including phenoxy) is 1. The molecule has 7 heteroatoms. The third-order valence-corrected chi connectivity index (χ3v) is 3.80. The second kappa shape index (κ2) is 5.85. The zero-order valence-corrected chi connectivity index (χ0v) is 12.5. The Hall–Kier alpha value is -1.89. The van der Waals surface area contributed by atoms with Crippen LogP contribution in [0.1, 0.15) is 33.6 Å². The van der Waals surface area contributed by atoms with Crippen molar-refractivity contribution in [2.75, 3.05) is 11.9 Å². The predicted octanol–water partition coefficient (Wildman–Crippen LogP) is 1.46. The minimum atomic E-state index is -1.16. The van der Waals surface area contributed by atoms with Gasteiger partial charge in [-0.2, -0.15) is 5.10 Å². The summed E-state index contributed by atoms with van der Waals surface area (Å²) in [6, 6.07) is 0. The van der Waals surface area contributed by atoms with Crippen LogP contribution >= 0.6 is 0 Å². The van der Waals surface area contributed by atoms with Gasteiger partial charge < -0.3 is 15.2 Å². The van der Waals surface area contributed by atoms with E-state index in [4.69, 9.17) is 9.84 Å². The molecule has 2 rings (SSSR count). The SMILES string of the molecule is CC1CC(C(=O)Nc2cnn(C(C)(C)C(=O)O)c2)CCO1. The van der Waals surface area contributed by atoms with E-state index in [-0.39, 0.29) is 17.9 Å². The Morgan fingerprint density at radius 1 is 1.52 bits per heavy atom. The van der Waals surface area contributed by atoms with Crippen molar-refractivity contribution in [1.29, 1.82) is 0 Å². The summed E-state index contributed by atoms with van der Waals surface area (Å²) in [4.78, 5) is 23.4. The van der Waals surface area contributed by atoms with Crippen molar-refractivity contribution in [2.45, 2.75) is 45.3 Å². The highest BCUT2D eigenvalue weighted by Gasteiger charge is 2.31. The van der Waals surface area contributed by atoms with E-state index in [9.17, 15) is 9.59 Å². The Morgan fingerprint density at radius 2 is 2.24 bits per heavy atom. The summed E-state index contributed by atoms with van der Waals surface area (Å²) in [7, 11) is 0. The average Bonchev–Trinajstić information content (AvgIpc) is 2.87.